The minimum absolute atomic E-state index is 0.102. The predicted octanol–water partition coefficient (Wildman–Crippen LogP) is 1.48. The highest BCUT2D eigenvalue weighted by Crippen LogP contribution is 2.20. The molecule has 0 unspecified atom stereocenters. The van der Waals surface area contributed by atoms with E-state index in [-0.39, 0.29) is 30.0 Å². The first kappa shape index (κ1) is 13.5. The Morgan fingerprint density at radius 1 is 1.56 bits per heavy atom. The van der Waals surface area contributed by atoms with Gasteiger partial charge in [-0.1, -0.05) is 11.8 Å². The molecule has 1 aromatic carbocycles. The average molecular weight is 248 g/mol. The van der Waals surface area contributed by atoms with Crippen LogP contribution in [-0.4, -0.2) is 17.5 Å². The van der Waals surface area contributed by atoms with Crippen LogP contribution in [0.1, 0.15) is 18.9 Å². The summed E-state index contributed by atoms with van der Waals surface area (Å²) < 4.78 is 4.68. The van der Waals surface area contributed by atoms with Gasteiger partial charge in [0.15, 0.2) is 0 Å². The number of carbonyl (C=O) groups is 1. The lowest BCUT2D eigenvalue weighted by atomic mass is 10.1. The van der Waals surface area contributed by atoms with E-state index in [1.54, 1.807) is 6.92 Å². The van der Waals surface area contributed by atoms with Crippen LogP contribution in [0.3, 0.4) is 0 Å². The Balaban J connectivity index is 2.88. The standard InChI is InChI=1S/C12H12N2O4/c1-2-18-12(15)5-3-4-9-6-7-10(13)8-11(9)14(16)17/h6-8H,2,5,13H2,1H3. The SMILES string of the molecule is CCOC(=O)CC#Cc1ccc(N)cc1[N+](=O)[O-]. The Labute approximate surface area is 104 Å². The smallest absolute Gasteiger partial charge is 0.317 e. The third kappa shape index (κ3) is 3.79. The normalized spacial score (nSPS) is 9.17. The molecule has 2 N–H and O–H groups in total. The van der Waals surface area contributed by atoms with Crippen molar-refractivity contribution in [3.8, 4) is 11.8 Å². The molecule has 0 aliphatic heterocycles. The highest BCUT2D eigenvalue weighted by Gasteiger charge is 2.11. The van der Waals surface area contributed by atoms with Gasteiger partial charge < -0.3 is 10.5 Å². The van der Waals surface area contributed by atoms with Crippen molar-refractivity contribution in [1.29, 1.82) is 0 Å². The molecule has 6 heteroatoms. The molecule has 6 nitrogen and oxygen atoms in total. The lowest BCUT2D eigenvalue weighted by Gasteiger charge is -1.97. The monoisotopic (exact) mass is 248 g/mol. The first-order valence-electron chi connectivity index (χ1n) is 5.23. The lowest BCUT2D eigenvalue weighted by Crippen LogP contribution is -2.01. The first-order chi connectivity index (χ1) is 8.54. The van der Waals surface area contributed by atoms with Crippen molar-refractivity contribution < 1.29 is 14.5 Å². The van der Waals surface area contributed by atoms with Crippen LogP contribution in [0.15, 0.2) is 18.2 Å². The van der Waals surface area contributed by atoms with Crippen LogP contribution in [0.5, 0.6) is 0 Å². The molecule has 0 heterocycles. The molecular formula is C12H12N2O4. The average Bonchev–Trinajstić information content (AvgIpc) is 2.31. The van der Waals surface area contributed by atoms with Gasteiger partial charge in [0.25, 0.3) is 5.69 Å². The zero-order chi connectivity index (χ0) is 13.5. The predicted molar refractivity (Wildman–Crippen MR) is 65.6 cm³/mol. The second kappa shape index (κ2) is 6.25. The maximum Gasteiger partial charge on any atom is 0.317 e. The highest BCUT2D eigenvalue weighted by atomic mass is 16.6. The number of nitro benzene ring substituents is 1. The van der Waals surface area contributed by atoms with Gasteiger partial charge in [-0.25, -0.2) is 0 Å². The molecule has 0 aliphatic carbocycles. The zero-order valence-electron chi connectivity index (χ0n) is 9.80. The summed E-state index contributed by atoms with van der Waals surface area (Å²) in [5.41, 5.74) is 5.79. The summed E-state index contributed by atoms with van der Waals surface area (Å²) in [6.07, 6.45) is -0.102. The number of anilines is 1. The van der Waals surface area contributed by atoms with Crippen molar-refractivity contribution >= 4 is 17.3 Å². The summed E-state index contributed by atoms with van der Waals surface area (Å²) in [4.78, 5) is 21.2. The maximum absolute atomic E-state index is 11.0. The third-order valence-electron chi connectivity index (χ3n) is 1.98. The highest BCUT2D eigenvalue weighted by molar-refractivity contribution is 5.72. The van der Waals surface area contributed by atoms with Crippen LogP contribution in [0.2, 0.25) is 0 Å². The van der Waals surface area contributed by atoms with Gasteiger partial charge in [0.1, 0.15) is 12.0 Å². The van der Waals surface area contributed by atoms with Crippen LogP contribution in [0.25, 0.3) is 0 Å². The third-order valence-corrected chi connectivity index (χ3v) is 1.98. The number of ether oxygens (including phenoxy) is 1. The summed E-state index contributed by atoms with van der Waals surface area (Å²) in [6.45, 7) is 1.97. The summed E-state index contributed by atoms with van der Waals surface area (Å²) in [7, 11) is 0. The molecule has 1 aromatic rings. The van der Waals surface area contributed by atoms with E-state index in [1.165, 1.54) is 18.2 Å². The van der Waals surface area contributed by atoms with Crippen molar-refractivity contribution in [2.75, 3.05) is 12.3 Å². The number of nitrogen functional groups attached to an aromatic ring is 1. The van der Waals surface area contributed by atoms with Crippen LogP contribution >= 0.6 is 0 Å². The van der Waals surface area contributed by atoms with E-state index < -0.39 is 10.9 Å². The molecule has 0 saturated carbocycles. The maximum atomic E-state index is 11.0. The zero-order valence-corrected chi connectivity index (χ0v) is 9.80. The molecule has 0 spiro atoms. The lowest BCUT2D eigenvalue weighted by molar-refractivity contribution is -0.385. The largest absolute Gasteiger partial charge is 0.465 e. The number of nitrogens with two attached hydrogens (primary N) is 1. The molecule has 0 aromatic heterocycles. The van der Waals surface area contributed by atoms with Gasteiger partial charge in [-0.15, -0.1) is 0 Å². The first-order valence-corrected chi connectivity index (χ1v) is 5.23. The minimum Gasteiger partial charge on any atom is -0.465 e. The van der Waals surface area contributed by atoms with E-state index in [4.69, 9.17) is 5.73 Å². The number of hydrogen-bond acceptors (Lipinski definition) is 5. The molecular weight excluding hydrogens is 236 g/mol. The van der Waals surface area contributed by atoms with Crippen molar-refractivity contribution in [1.82, 2.24) is 0 Å². The fraction of sp³-hybridized carbons (Fsp3) is 0.250. The van der Waals surface area contributed by atoms with Gasteiger partial charge in [-0.3, -0.25) is 14.9 Å². The summed E-state index contributed by atoms with van der Waals surface area (Å²) >= 11 is 0. The van der Waals surface area contributed by atoms with Gasteiger partial charge >= 0.3 is 5.97 Å². The van der Waals surface area contributed by atoms with Gasteiger partial charge in [0.2, 0.25) is 0 Å². The molecule has 94 valence electrons. The molecule has 0 radical (unpaired) electrons. The molecule has 0 amide bonds. The fourth-order valence-electron chi connectivity index (χ4n) is 1.23. The van der Waals surface area contributed by atoms with E-state index in [9.17, 15) is 14.9 Å². The van der Waals surface area contributed by atoms with Gasteiger partial charge in [0.05, 0.1) is 11.5 Å². The van der Waals surface area contributed by atoms with E-state index in [1.807, 2.05) is 0 Å². The number of rotatable bonds is 3. The van der Waals surface area contributed by atoms with E-state index >= 15 is 0 Å². The van der Waals surface area contributed by atoms with E-state index in [0.29, 0.717) is 0 Å². The quantitative estimate of drug-likeness (QED) is 0.287. The molecule has 0 atom stereocenters. The number of hydrogen-bond donors (Lipinski definition) is 1. The number of benzene rings is 1. The van der Waals surface area contributed by atoms with Crippen molar-refractivity contribution in [3.63, 3.8) is 0 Å². The summed E-state index contributed by atoms with van der Waals surface area (Å²) in [5, 5.41) is 10.8. The van der Waals surface area contributed by atoms with Gasteiger partial charge in [0, 0.05) is 11.8 Å². The molecule has 1 rings (SSSR count). The Hall–Kier alpha value is -2.55. The molecule has 18 heavy (non-hydrogen) atoms. The van der Waals surface area contributed by atoms with Crippen LogP contribution in [-0.2, 0) is 9.53 Å². The Morgan fingerprint density at radius 3 is 2.89 bits per heavy atom. The van der Waals surface area contributed by atoms with Crippen LogP contribution in [0, 0.1) is 22.0 Å². The summed E-state index contributed by atoms with van der Waals surface area (Å²) in [5.74, 6) is 4.64. The van der Waals surface area contributed by atoms with E-state index in [2.05, 4.69) is 16.6 Å². The van der Waals surface area contributed by atoms with Crippen molar-refractivity contribution in [2.24, 2.45) is 0 Å². The molecule has 0 aliphatic rings. The Bertz CT molecular complexity index is 529. The summed E-state index contributed by atoms with van der Waals surface area (Å²) in [6, 6.07) is 4.20. The second-order valence-corrected chi connectivity index (χ2v) is 3.32. The number of nitrogens with zero attached hydrogens (tertiary/aromatic N) is 1. The number of carbonyl (C=O) groups excluding carboxylic acids is 1. The number of nitro groups is 1. The van der Waals surface area contributed by atoms with Crippen molar-refractivity contribution in [2.45, 2.75) is 13.3 Å². The van der Waals surface area contributed by atoms with Crippen LogP contribution < -0.4 is 5.73 Å². The van der Waals surface area contributed by atoms with Gasteiger partial charge in [-0.05, 0) is 19.1 Å². The molecule has 0 saturated heterocycles. The topological polar surface area (TPSA) is 95.5 Å². The van der Waals surface area contributed by atoms with Crippen molar-refractivity contribution in [3.05, 3.63) is 33.9 Å². The second-order valence-electron chi connectivity index (χ2n) is 3.32. The fourth-order valence-corrected chi connectivity index (χ4v) is 1.23. The minimum atomic E-state index is -0.565. The van der Waals surface area contributed by atoms with Gasteiger partial charge in [-0.2, -0.15) is 0 Å². The molecule has 0 fully saturated rings. The van der Waals surface area contributed by atoms with Crippen LogP contribution in [0.4, 0.5) is 11.4 Å². The number of esters is 1. The van der Waals surface area contributed by atoms with E-state index in [0.717, 1.165) is 0 Å². The Kier molecular flexibility index (Phi) is 4.69. The molecule has 0 bridgehead atoms. The Morgan fingerprint density at radius 2 is 2.28 bits per heavy atom.